The van der Waals surface area contributed by atoms with Gasteiger partial charge in [0.2, 0.25) is 0 Å². The predicted octanol–water partition coefficient (Wildman–Crippen LogP) is -9.40. The molecule has 0 aliphatic heterocycles. The Labute approximate surface area is 276 Å². The van der Waals surface area contributed by atoms with Crippen LogP contribution in [0, 0.1) is 20.5 Å². The van der Waals surface area contributed by atoms with Crippen LogP contribution in [-0.2, 0) is 32.8 Å². The molecule has 0 saturated carbocycles. The number of aromatic nitrogens is 12. The van der Waals surface area contributed by atoms with E-state index in [0.29, 0.717) is 29.1 Å². The monoisotopic (exact) mass is 767 g/mol. The van der Waals surface area contributed by atoms with Crippen molar-refractivity contribution in [3.8, 4) is 23.3 Å². The molecule has 0 saturated heterocycles. The van der Waals surface area contributed by atoms with Crippen LogP contribution < -0.4 is 46.9 Å². The van der Waals surface area contributed by atoms with Crippen molar-refractivity contribution in [2.24, 2.45) is 0 Å². The van der Waals surface area contributed by atoms with Crippen LogP contribution in [0.3, 0.4) is 0 Å². The number of halogens is 2. The maximum atomic E-state index is 8.49. The maximum absolute atomic E-state index is 8.49. The van der Waals surface area contributed by atoms with Crippen molar-refractivity contribution in [3.63, 3.8) is 0 Å². The largest absolute Gasteiger partial charge is 2.00 e. The normalized spacial score (nSPS) is 9.87. The molecule has 6 heterocycles. The van der Waals surface area contributed by atoms with Crippen LogP contribution in [0.5, 0.6) is 0 Å². The average molecular weight is 767 g/mol. The van der Waals surface area contributed by atoms with E-state index in [9.17, 15) is 0 Å². The van der Waals surface area contributed by atoms with E-state index in [0.717, 1.165) is 0 Å². The first-order chi connectivity index (χ1) is 20.4. The molecule has 0 atom stereocenters. The van der Waals surface area contributed by atoms with E-state index in [-0.39, 0.29) is 32.8 Å². The molecule has 0 radical (unpaired) electrons. The van der Waals surface area contributed by atoms with Gasteiger partial charge in [-0.3, -0.25) is 5.10 Å². The van der Waals surface area contributed by atoms with E-state index in [1.165, 1.54) is 6.33 Å². The Hall–Kier alpha value is -3.99. The first-order valence-electron chi connectivity index (χ1n) is 10.8. The molecule has 0 aliphatic carbocycles. The van der Waals surface area contributed by atoms with Crippen LogP contribution in [0.15, 0.2) is 98.6 Å². The summed E-state index contributed by atoms with van der Waals surface area (Å²) < 4.78 is 69.6. The van der Waals surface area contributed by atoms with E-state index >= 15 is 0 Å². The van der Waals surface area contributed by atoms with Gasteiger partial charge in [0.15, 0.2) is 23.3 Å². The zero-order valence-corrected chi connectivity index (χ0v) is 28.0. The molecule has 0 unspecified atom stereocenters. The van der Waals surface area contributed by atoms with Crippen LogP contribution in [0.4, 0.5) is 0 Å². The molecule has 0 bridgehead atoms. The quantitative estimate of drug-likeness (QED) is 0.0896. The Morgan fingerprint density at radius 3 is 0.978 bits per heavy atom. The molecule has 24 heteroatoms. The second kappa shape index (κ2) is 21.7. The summed E-state index contributed by atoms with van der Waals surface area (Å²) in [5.74, 6) is 2.85. The van der Waals surface area contributed by atoms with E-state index in [1.807, 2.05) is 6.07 Å². The van der Waals surface area contributed by atoms with Gasteiger partial charge in [0.1, 0.15) is 12.5 Å². The molecule has 0 amide bonds. The maximum Gasteiger partial charge on any atom is 2.00 e. The molecule has 21 nitrogen and oxygen atoms in total. The topological polar surface area (TPSA) is 365 Å². The summed E-state index contributed by atoms with van der Waals surface area (Å²) in [6, 6.07) is 8.83. The van der Waals surface area contributed by atoms with Gasteiger partial charge < -0.3 is 5.48 Å². The van der Waals surface area contributed by atoms with Crippen LogP contribution in [0.2, 0.25) is 0 Å². The van der Waals surface area contributed by atoms with Crippen molar-refractivity contribution in [2.45, 2.75) is 0 Å². The van der Waals surface area contributed by atoms with Crippen molar-refractivity contribution in [1.82, 2.24) is 54.9 Å². The van der Waals surface area contributed by atoms with Gasteiger partial charge in [0.05, 0.1) is 6.20 Å². The fourth-order valence-electron chi connectivity index (χ4n) is 2.33. The van der Waals surface area contributed by atoms with Crippen LogP contribution >= 0.6 is 0 Å². The third kappa shape index (κ3) is 20.6. The minimum Gasteiger partial charge on any atom is -0.457 e. The first-order valence-corrected chi connectivity index (χ1v) is 13.3. The molecule has 232 valence electrons. The van der Waals surface area contributed by atoms with Crippen molar-refractivity contribution >= 4 is 5.78 Å². The predicted molar refractivity (Wildman–Crippen MR) is 119 cm³/mol. The SMILES string of the molecule is [Cd+2].[O-][Cl+3]([O-])([O-])[O-].[O-][Cl+3]([O-])([O-])[O-].[OH3+].c1cnc(-c2ncccn2)nc1.c1cnc(-c2ncccn2)nc1.c1cnc2nc[n-][n+]2c1. The summed E-state index contributed by atoms with van der Waals surface area (Å²) in [6.07, 6.45) is 18.3. The molecule has 0 fully saturated rings. The van der Waals surface area contributed by atoms with Crippen molar-refractivity contribution in [1.29, 1.82) is 0 Å². The van der Waals surface area contributed by atoms with Crippen LogP contribution in [-0.4, -0.2) is 49.8 Å². The summed E-state index contributed by atoms with van der Waals surface area (Å²) in [6.45, 7) is 0. The first kappa shape index (κ1) is 41.0. The Morgan fingerprint density at radius 1 is 0.444 bits per heavy atom. The second-order valence-corrected chi connectivity index (χ2v) is 8.18. The Morgan fingerprint density at radius 2 is 0.711 bits per heavy atom. The van der Waals surface area contributed by atoms with Crippen molar-refractivity contribution in [3.05, 3.63) is 98.6 Å². The molecule has 0 aromatic carbocycles. The number of hydrogen-bond donors (Lipinski definition) is 0. The van der Waals surface area contributed by atoms with E-state index in [2.05, 4.69) is 54.9 Å². The number of hydrogen-bond acceptors (Lipinski definition) is 18. The van der Waals surface area contributed by atoms with E-state index < -0.39 is 20.5 Å². The van der Waals surface area contributed by atoms with Crippen molar-refractivity contribution in [2.75, 3.05) is 0 Å². The minimum atomic E-state index is -4.94. The Kier molecular flexibility index (Phi) is 19.7. The van der Waals surface area contributed by atoms with Crippen LogP contribution in [0.25, 0.3) is 29.1 Å². The van der Waals surface area contributed by atoms with E-state index in [1.54, 1.807) is 90.7 Å². The van der Waals surface area contributed by atoms with Gasteiger partial charge in [-0.25, -0.2) is 77.1 Å². The minimum absolute atomic E-state index is 0. The van der Waals surface area contributed by atoms with Gasteiger partial charge in [-0.2, -0.15) is 4.52 Å². The van der Waals surface area contributed by atoms with E-state index in [4.69, 9.17) is 37.3 Å². The standard InChI is InChI=1S/2C8H6N4.C5H4N4.Cd.2ClHO4.H2O/c2*1-3-9-7(10-4-1)8-11-5-2-6-12-8;1-2-6-5-7-4-8-9(5)3-1;;2*2-1(3,4)5;/h2*1-6H;1-4H;;2*(H,2,3,4,5);1H2/q;;;+2;;;/p-1. The Bertz CT molecular complexity index is 1370. The average Bonchev–Trinajstić information content (AvgIpc) is 3.47. The van der Waals surface area contributed by atoms with Gasteiger partial charge in [0.25, 0.3) is 0 Å². The summed E-state index contributed by atoms with van der Waals surface area (Å²) in [5, 5.41) is 3.86. The van der Waals surface area contributed by atoms with Gasteiger partial charge in [-0.15, -0.1) is 20.5 Å². The molecule has 0 spiro atoms. The molecule has 0 aliphatic rings. The molecular formula is C21H19CdCl2N12O9+. The molecule has 45 heavy (non-hydrogen) atoms. The summed E-state index contributed by atoms with van der Waals surface area (Å²) >= 11 is 0. The smallest absolute Gasteiger partial charge is 0.457 e. The van der Waals surface area contributed by atoms with Gasteiger partial charge in [0, 0.05) is 55.6 Å². The summed E-state index contributed by atoms with van der Waals surface area (Å²) in [7, 11) is -9.89. The number of fused-ring (bicyclic) bond motifs is 1. The van der Waals surface area contributed by atoms with Gasteiger partial charge in [-0.05, 0) is 24.3 Å². The number of nitrogens with zero attached hydrogens (tertiary/aromatic N) is 12. The molecular weight excluding hydrogens is 748 g/mol. The summed E-state index contributed by atoms with van der Waals surface area (Å²) in [5.41, 5.74) is 0. The Balaban J connectivity index is 0.000000557. The molecule has 6 aromatic heterocycles. The fraction of sp³-hybridized carbons (Fsp3) is 0. The van der Waals surface area contributed by atoms with Crippen LogP contribution in [0.1, 0.15) is 0 Å². The molecule has 3 N–H and O–H groups in total. The van der Waals surface area contributed by atoms with Crippen molar-refractivity contribution < 1.29 is 95.0 Å². The number of rotatable bonds is 2. The zero-order chi connectivity index (χ0) is 31.6. The fourth-order valence-corrected chi connectivity index (χ4v) is 2.33. The summed E-state index contributed by atoms with van der Waals surface area (Å²) in [4.78, 5) is 39.9. The van der Waals surface area contributed by atoms with Gasteiger partial charge in [-0.1, -0.05) is 9.97 Å². The molecule has 6 aromatic rings. The molecule has 6 rings (SSSR count). The third-order valence-electron chi connectivity index (χ3n) is 3.72. The zero-order valence-electron chi connectivity index (χ0n) is 22.4. The second-order valence-electron chi connectivity index (χ2n) is 6.67. The third-order valence-corrected chi connectivity index (χ3v) is 3.72. The van der Waals surface area contributed by atoms with Gasteiger partial charge >= 0.3 is 33.1 Å².